The normalized spacial score (nSPS) is 12.6. The molecule has 0 bridgehead atoms. The van der Waals surface area contributed by atoms with Gasteiger partial charge in [-0.15, -0.1) is 0 Å². The third-order valence-electron chi connectivity index (χ3n) is 3.04. The van der Waals surface area contributed by atoms with E-state index in [1.165, 1.54) is 0 Å². The molecule has 5 nitrogen and oxygen atoms in total. The van der Waals surface area contributed by atoms with Crippen molar-refractivity contribution in [1.82, 2.24) is 15.1 Å². The summed E-state index contributed by atoms with van der Waals surface area (Å²) in [6.45, 7) is 9.61. The first-order valence-corrected chi connectivity index (χ1v) is 7.19. The second kappa shape index (κ2) is 8.93. The molecule has 0 aliphatic carbocycles. The molecule has 0 aromatic carbocycles. The summed E-state index contributed by atoms with van der Waals surface area (Å²) in [4.78, 5) is 0. The number of hydrogen-bond acceptors (Lipinski definition) is 4. The van der Waals surface area contributed by atoms with E-state index < -0.39 is 0 Å². The van der Waals surface area contributed by atoms with Gasteiger partial charge < -0.3 is 14.8 Å². The Hall–Kier alpha value is -1.07. The van der Waals surface area contributed by atoms with E-state index in [-0.39, 0.29) is 6.04 Å². The minimum absolute atomic E-state index is 0.223. The lowest BCUT2D eigenvalue weighted by molar-refractivity contribution is 0.135. The summed E-state index contributed by atoms with van der Waals surface area (Å²) in [6.07, 6.45) is 3.78. The van der Waals surface area contributed by atoms with Gasteiger partial charge in [0.2, 0.25) is 0 Å². The van der Waals surface area contributed by atoms with E-state index in [0.29, 0.717) is 0 Å². The van der Waals surface area contributed by atoms with Gasteiger partial charge in [-0.25, -0.2) is 0 Å². The maximum absolute atomic E-state index is 5.47. The molecule has 1 atom stereocenters. The highest BCUT2D eigenvalue weighted by atomic mass is 16.5. The second-order valence-corrected chi connectivity index (χ2v) is 4.42. The molecule has 1 aromatic heterocycles. The van der Waals surface area contributed by atoms with Crippen LogP contribution in [0.15, 0.2) is 6.20 Å². The highest BCUT2D eigenvalue weighted by Crippen LogP contribution is 2.27. The molecule has 0 aliphatic rings. The zero-order valence-corrected chi connectivity index (χ0v) is 12.6. The molecule has 0 fully saturated rings. The van der Waals surface area contributed by atoms with Gasteiger partial charge in [-0.2, -0.15) is 5.10 Å². The molecule has 110 valence electrons. The first-order valence-electron chi connectivity index (χ1n) is 7.19. The van der Waals surface area contributed by atoms with Gasteiger partial charge in [-0.3, -0.25) is 4.68 Å². The van der Waals surface area contributed by atoms with Crippen LogP contribution in [0.3, 0.4) is 0 Å². The van der Waals surface area contributed by atoms with E-state index >= 15 is 0 Å². The Bertz CT molecular complexity index is 352. The van der Waals surface area contributed by atoms with Crippen molar-refractivity contribution in [3.05, 3.63) is 11.9 Å². The average molecular weight is 269 g/mol. The highest BCUT2D eigenvalue weighted by molar-refractivity contribution is 5.28. The molecule has 0 spiro atoms. The summed E-state index contributed by atoms with van der Waals surface area (Å²) in [6, 6.07) is 0.223. The zero-order chi connectivity index (χ0) is 14.1. The average Bonchev–Trinajstić information content (AvgIpc) is 2.81. The molecule has 0 saturated heterocycles. The Morgan fingerprint density at radius 1 is 1.37 bits per heavy atom. The van der Waals surface area contributed by atoms with Gasteiger partial charge in [0.15, 0.2) is 5.75 Å². The first-order chi connectivity index (χ1) is 9.28. The largest absolute Gasteiger partial charge is 0.493 e. The van der Waals surface area contributed by atoms with Crippen LogP contribution in [0.4, 0.5) is 0 Å². The van der Waals surface area contributed by atoms with Crippen LogP contribution in [-0.2, 0) is 11.3 Å². The van der Waals surface area contributed by atoms with Gasteiger partial charge in [0.1, 0.15) is 0 Å². The summed E-state index contributed by atoms with van der Waals surface area (Å²) in [5, 5.41) is 7.92. The van der Waals surface area contributed by atoms with E-state index in [0.717, 1.165) is 50.6 Å². The van der Waals surface area contributed by atoms with Gasteiger partial charge in [0, 0.05) is 19.8 Å². The second-order valence-electron chi connectivity index (χ2n) is 4.42. The minimum Gasteiger partial charge on any atom is -0.493 e. The van der Waals surface area contributed by atoms with Crippen molar-refractivity contribution in [3.8, 4) is 5.75 Å². The Kier molecular flexibility index (Phi) is 7.52. The smallest absolute Gasteiger partial charge is 0.161 e. The summed E-state index contributed by atoms with van der Waals surface area (Å²) < 4.78 is 13.0. The standard InChI is InChI=1S/C14H27N3O2/c1-5-9-17-14(13(18-4)11-16-17)12(15-6-2)8-10-19-7-3/h11-12,15H,5-10H2,1-4H3. The fourth-order valence-electron chi connectivity index (χ4n) is 2.20. The first kappa shape index (κ1) is 16.0. The molecule has 1 unspecified atom stereocenters. The molecular weight excluding hydrogens is 242 g/mol. The number of aromatic nitrogens is 2. The molecule has 1 aromatic rings. The molecule has 1 N–H and O–H groups in total. The molecule has 1 rings (SSSR count). The number of methoxy groups -OCH3 is 1. The SMILES string of the molecule is CCCn1ncc(OC)c1C(CCOCC)NCC. The minimum atomic E-state index is 0.223. The van der Waals surface area contributed by atoms with Crippen LogP contribution < -0.4 is 10.1 Å². The number of rotatable bonds is 10. The van der Waals surface area contributed by atoms with E-state index in [4.69, 9.17) is 9.47 Å². The quantitative estimate of drug-likeness (QED) is 0.663. The Balaban J connectivity index is 2.87. The Morgan fingerprint density at radius 2 is 2.16 bits per heavy atom. The van der Waals surface area contributed by atoms with E-state index in [1.54, 1.807) is 13.3 Å². The van der Waals surface area contributed by atoms with Crippen molar-refractivity contribution >= 4 is 0 Å². The molecule has 19 heavy (non-hydrogen) atoms. The fourth-order valence-corrected chi connectivity index (χ4v) is 2.20. The maximum atomic E-state index is 5.47. The van der Waals surface area contributed by atoms with Gasteiger partial charge in [0.05, 0.1) is 25.0 Å². The predicted molar refractivity (Wildman–Crippen MR) is 76.6 cm³/mol. The van der Waals surface area contributed by atoms with E-state index in [2.05, 4.69) is 24.3 Å². The Morgan fingerprint density at radius 3 is 2.74 bits per heavy atom. The van der Waals surface area contributed by atoms with Crippen LogP contribution in [0.25, 0.3) is 0 Å². The number of hydrogen-bond donors (Lipinski definition) is 1. The van der Waals surface area contributed by atoms with Crippen LogP contribution in [0.2, 0.25) is 0 Å². The van der Waals surface area contributed by atoms with Crippen LogP contribution in [-0.4, -0.2) is 36.6 Å². The van der Waals surface area contributed by atoms with E-state index in [1.807, 2.05) is 11.6 Å². The summed E-state index contributed by atoms with van der Waals surface area (Å²) >= 11 is 0. The van der Waals surface area contributed by atoms with Crippen LogP contribution in [0.5, 0.6) is 5.75 Å². The Labute approximate surface area is 116 Å². The number of aryl methyl sites for hydroxylation is 1. The van der Waals surface area contributed by atoms with E-state index in [9.17, 15) is 0 Å². The summed E-state index contributed by atoms with van der Waals surface area (Å²) in [7, 11) is 1.70. The van der Waals surface area contributed by atoms with Crippen molar-refractivity contribution in [1.29, 1.82) is 0 Å². The fraction of sp³-hybridized carbons (Fsp3) is 0.786. The molecule has 0 amide bonds. The molecule has 0 saturated carbocycles. The summed E-state index contributed by atoms with van der Waals surface area (Å²) in [5.74, 6) is 0.857. The van der Waals surface area contributed by atoms with Crippen LogP contribution >= 0.6 is 0 Å². The topological polar surface area (TPSA) is 48.3 Å². The highest BCUT2D eigenvalue weighted by Gasteiger charge is 2.20. The number of nitrogens with zero attached hydrogens (tertiary/aromatic N) is 2. The number of ether oxygens (including phenoxy) is 2. The molecular formula is C14H27N3O2. The lowest BCUT2D eigenvalue weighted by Crippen LogP contribution is -2.25. The van der Waals surface area contributed by atoms with Gasteiger partial charge >= 0.3 is 0 Å². The third-order valence-corrected chi connectivity index (χ3v) is 3.04. The number of nitrogens with one attached hydrogen (secondary N) is 1. The molecule has 0 radical (unpaired) electrons. The molecule has 5 heteroatoms. The lowest BCUT2D eigenvalue weighted by atomic mass is 10.1. The van der Waals surface area contributed by atoms with Crippen molar-refractivity contribution in [2.75, 3.05) is 26.9 Å². The van der Waals surface area contributed by atoms with Crippen LogP contribution in [0.1, 0.15) is 45.3 Å². The van der Waals surface area contributed by atoms with Crippen molar-refractivity contribution in [3.63, 3.8) is 0 Å². The molecule has 0 aliphatic heterocycles. The lowest BCUT2D eigenvalue weighted by Gasteiger charge is -2.20. The molecule has 1 heterocycles. The third kappa shape index (κ3) is 4.51. The maximum Gasteiger partial charge on any atom is 0.161 e. The van der Waals surface area contributed by atoms with Gasteiger partial charge in [0.25, 0.3) is 0 Å². The van der Waals surface area contributed by atoms with Gasteiger partial charge in [-0.05, 0) is 26.3 Å². The zero-order valence-electron chi connectivity index (χ0n) is 12.6. The van der Waals surface area contributed by atoms with Crippen molar-refractivity contribution < 1.29 is 9.47 Å². The van der Waals surface area contributed by atoms with Crippen LogP contribution in [0, 0.1) is 0 Å². The van der Waals surface area contributed by atoms with Gasteiger partial charge in [-0.1, -0.05) is 13.8 Å². The monoisotopic (exact) mass is 269 g/mol. The van der Waals surface area contributed by atoms with Crippen molar-refractivity contribution in [2.45, 2.75) is 46.2 Å². The van der Waals surface area contributed by atoms with Crippen molar-refractivity contribution in [2.24, 2.45) is 0 Å². The predicted octanol–water partition coefficient (Wildman–Crippen LogP) is 2.38. The summed E-state index contributed by atoms with van der Waals surface area (Å²) in [5.41, 5.74) is 1.13.